The maximum atomic E-state index is 11.7. The Morgan fingerprint density at radius 2 is 2.00 bits per heavy atom. The summed E-state index contributed by atoms with van der Waals surface area (Å²) in [4.78, 5) is 34.8. The van der Waals surface area contributed by atoms with Crippen molar-refractivity contribution < 1.29 is 23.9 Å². The van der Waals surface area contributed by atoms with E-state index in [1.807, 2.05) is 0 Å². The highest BCUT2D eigenvalue weighted by molar-refractivity contribution is 5.94. The lowest BCUT2D eigenvalue weighted by Crippen LogP contribution is -2.41. The van der Waals surface area contributed by atoms with Gasteiger partial charge in [-0.15, -0.1) is 0 Å². The summed E-state index contributed by atoms with van der Waals surface area (Å²) in [6.45, 7) is 7.22. The molecule has 1 amide bonds. The number of hydrogen-bond acceptors (Lipinski definition) is 5. The molecule has 1 N–H and O–H groups in total. The summed E-state index contributed by atoms with van der Waals surface area (Å²) in [5.41, 5.74) is -0.619. The molecule has 1 fully saturated rings. The summed E-state index contributed by atoms with van der Waals surface area (Å²) in [7, 11) is 0. The van der Waals surface area contributed by atoms with Crippen LogP contribution in [0.3, 0.4) is 0 Å². The first kappa shape index (κ1) is 15.5. The molecule has 0 radical (unpaired) electrons. The van der Waals surface area contributed by atoms with E-state index in [1.165, 1.54) is 0 Å². The zero-order valence-electron chi connectivity index (χ0n) is 11.8. The van der Waals surface area contributed by atoms with Gasteiger partial charge in [0.25, 0.3) is 0 Å². The second-order valence-corrected chi connectivity index (χ2v) is 5.55. The van der Waals surface area contributed by atoms with E-state index in [0.717, 1.165) is 0 Å². The van der Waals surface area contributed by atoms with Crippen molar-refractivity contribution in [3.63, 3.8) is 0 Å². The van der Waals surface area contributed by atoms with Gasteiger partial charge in [0.2, 0.25) is 0 Å². The minimum absolute atomic E-state index is 0.110. The molecule has 1 aliphatic carbocycles. The number of esters is 1. The molecule has 6 nitrogen and oxygen atoms in total. The van der Waals surface area contributed by atoms with Crippen LogP contribution in [0, 0.1) is 5.92 Å². The van der Waals surface area contributed by atoms with E-state index >= 15 is 0 Å². The average Bonchev–Trinajstić information content (AvgIpc) is 2.58. The van der Waals surface area contributed by atoms with Crippen LogP contribution in [0.5, 0.6) is 0 Å². The van der Waals surface area contributed by atoms with Gasteiger partial charge in [-0.25, -0.2) is 4.79 Å². The summed E-state index contributed by atoms with van der Waals surface area (Å²) in [5, 5.41) is 2.49. The van der Waals surface area contributed by atoms with Crippen molar-refractivity contribution in [2.75, 3.05) is 6.61 Å². The topological polar surface area (TPSA) is 81.7 Å². The van der Waals surface area contributed by atoms with E-state index < -0.39 is 23.7 Å². The molecule has 0 bridgehead atoms. The van der Waals surface area contributed by atoms with Gasteiger partial charge in [0.05, 0.1) is 18.6 Å². The van der Waals surface area contributed by atoms with Crippen molar-refractivity contribution in [1.82, 2.24) is 5.32 Å². The minimum Gasteiger partial charge on any atom is -0.466 e. The quantitative estimate of drug-likeness (QED) is 0.785. The van der Waals surface area contributed by atoms with Crippen molar-refractivity contribution >= 4 is 17.8 Å². The molecule has 0 aliphatic heterocycles. The lowest BCUT2D eigenvalue weighted by molar-refractivity contribution is -0.148. The number of ether oxygens (including phenoxy) is 2. The van der Waals surface area contributed by atoms with Crippen LogP contribution in [-0.2, 0) is 19.1 Å². The molecule has 1 aliphatic rings. The fourth-order valence-corrected chi connectivity index (χ4v) is 1.91. The molecule has 1 saturated carbocycles. The van der Waals surface area contributed by atoms with Crippen molar-refractivity contribution in [2.24, 2.45) is 5.92 Å². The summed E-state index contributed by atoms with van der Waals surface area (Å²) >= 11 is 0. The Balaban J connectivity index is 2.50. The Kier molecular flexibility index (Phi) is 4.91. The summed E-state index contributed by atoms with van der Waals surface area (Å²) in [6, 6.07) is -0.663. The van der Waals surface area contributed by atoms with Crippen LogP contribution in [-0.4, -0.2) is 36.1 Å². The number of ketones is 1. The van der Waals surface area contributed by atoms with Gasteiger partial charge in [0.1, 0.15) is 5.60 Å². The molecule has 0 saturated heterocycles. The molecule has 6 heteroatoms. The predicted octanol–water partition coefficient (Wildman–Crippen LogP) is 1.42. The Hall–Kier alpha value is -1.59. The van der Waals surface area contributed by atoms with E-state index in [9.17, 15) is 14.4 Å². The molecule has 0 aromatic heterocycles. The zero-order chi connectivity index (χ0) is 14.6. The van der Waals surface area contributed by atoms with Crippen LogP contribution < -0.4 is 5.32 Å². The number of hydrogen-bond donors (Lipinski definition) is 1. The van der Waals surface area contributed by atoms with Gasteiger partial charge in [0, 0.05) is 6.42 Å². The second kappa shape index (κ2) is 6.04. The van der Waals surface area contributed by atoms with E-state index in [0.29, 0.717) is 0 Å². The monoisotopic (exact) mass is 271 g/mol. The number of nitrogens with one attached hydrogen (secondary N) is 1. The van der Waals surface area contributed by atoms with Crippen LogP contribution in [0.25, 0.3) is 0 Å². The Bertz CT molecular complexity index is 372. The molecule has 2 atom stereocenters. The van der Waals surface area contributed by atoms with Crippen molar-refractivity contribution in [2.45, 2.75) is 52.2 Å². The highest BCUT2D eigenvalue weighted by Crippen LogP contribution is 2.24. The molecule has 108 valence electrons. The molecule has 0 spiro atoms. The van der Waals surface area contributed by atoms with Crippen LogP contribution in [0.4, 0.5) is 4.79 Å². The Labute approximate surface area is 112 Å². The van der Waals surface area contributed by atoms with E-state index in [4.69, 9.17) is 9.47 Å². The SMILES string of the molecule is CCOC(=O)C1CC(=O)C(NC(=O)OC(C)(C)C)C1. The summed E-state index contributed by atoms with van der Waals surface area (Å²) in [5.74, 6) is -1.01. The third-order valence-corrected chi connectivity index (χ3v) is 2.67. The van der Waals surface area contributed by atoms with E-state index in [2.05, 4.69) is 5.32 Å². The first-order valence-corrected chi connectivity index (χ1v) is 6.41. The largest absolute Gasteiger partial charge is 0.466 e. The first-order valence-electron chi connectivity index (χ1n) is 6.41. The highest BCUT2D eigenvalue weighted by atomic mass is 16.6. The average molecular weight is 271 g/mol. The smallest absolute Gasteiger partial charge is 0.408 e. The second-order valence-electron chi connectivity index (χ2n) is 5.55. The number of carbonyl (C=O) groups is 3. The number of rotatable bonds is 3. The normalized spacial score (nSPS) is 23.1. The highest BCUT2D eigenvalue weighted by Gasteiger charge is 2.38. The molecule has 1 rings (SSSR count). The van der Waals surface area contributed by atoms with Gasteiger partial charge in [-0.3, -0.25) is 9.59 Å². The van der Waals surface area contributed by atoms with Gasteiger partial charge in [-0.05, 0) is 34.1 Å². The Morgan fingerprint density at radius 1 is 1.37 bits per heavy atom. The lowest BCUT2D eigenvalue weighted by Gasteiger charge is -2.21. The number of Topliss-reactive ketones (excluding diaryl/α,β-unsaturated/α-hetero) is 1. The summed E-state index contributed by atoms with van der Waals surface area (Å²) in [6.07, 6.45) is -0.258. The van der Waals surface area contributed by atoms with Crippen LogP contribution in [0.2, 0.25) is 0 Å². The van der Waals surface area contributed by atoms with Crippen molar-refractivity contribution in [3.05, 3.63) is 0 Å². The van der Waals surface area contributed by atoms with Crippen molar-refractivity contribution in [3.8, 4) is 0 Å². The number of alkyl carbamates (subject to hydrolysis) is 1. The zero-order valence-corrected chi connectivity index (χ0v) is 11.8. The van der Waals surface area contributed by atoms with E-state index in [-0.39, 0.29) is 31.2 Å². The Morgan fingerprint density at radius 3 is 2.53 bits per heavy atom. The van der Waals surface area contributed by atoms with Gasteiger partial charge in [-0.1, -0.05) is 0 Å². The number of carbonyl (C=O) groups excluding carboxylic acids is 3. The van der Waals surface area contributed by atoms with Crippen LogP contribution in [0.15, 0.2) is 0 Å². The van der Waals surface area contributed by atoms with Gasteiger partial charge in [0.15, 0.2) is 5.78 Å². The molecule has 0 aromatic carbocycles. The van der Waals surface area contributed by atoms with Gasteiger partial charge in [-0.2, -0.15) is 0 Å². The third kappa shape index (κ3) is 4.89. The van der Waals surface area contributed by atoms with E-state index in [1.54, 1.807) is 27.7 Å². The summed E-state index contributed by atoms with van der Waals surface area (Å²) < 4.78 is 9.95. The number of amides is 1. The molecule has 0 aromatic rings. The standard InChI is InChI=1S/C13H21NO5/c1-5-18-11(16)8-6-9(10(15)7-8)14-12(17)19-13(2,3)4/h8-9H,5-7H2,1-4H3,(H,14,17). The maximum absolute atomic E-state index is 11.7. The maximum Gasteiger partial charge on any atom is 0.408 e. The van der Waals surface area contributed by atoms with Crippen LogP contribution in [0.1, 0.15) is 40.5 Å². The van der Waals surface area contributed by atoms with Gasteiger partial charge < -0.3 is 14.8 Å². The first-order chi connectivity index (χ1) is 8.73. The van der Waals surface area contributed by atoms with Crippen molar-refractivity contribution in [1.29, 1.82) is 0 Å². The molecule has 2 unspecified atom stereocenters. The predicted molar refractivity (Wildman–Crippen MR) is 67.5 cm³/mol. The lowest BCUT2D eigenvalue weighted by atomic mass is 10.1. The van der Waals surface area contributed by atoms with Gasteiger partial charge >= 0.3 is 12.1 Å². The fraction of sp³-hybridized carbons (Fsp3) is 0.769. The molecule has 19 heavy (non-hydrogen) atoms. The molecular formula is C13H21NO5. The minimum atomic E-state index is -0.663. The molecular weight excluding hydrogens is 250 g/mol. The molecule has 0 heterocycles. The fourth-order valence-electron chi connectivity index (χ4n) is 1.91. The van der Waals surface area contributed by atoms with Crippen LogP contribution >= 0.6 is 0 Å². The third-order valence-electron chi connectivity index (χ3n) is 2.67.